The highest BCUT2D eigenvalue weighted by Gasteiger charge is 2.09. The normalized spacial score (nSPS) is 11.2. The van der Waals surface area contributed by atoms with Crippen molar-refractivity contribution in [2.24, 2.45) is 0 Å². The maximum atomic E-state index is 4.26. The Labute approximate surface area is 126 Å². The fourth-order valence-electron chi connectivity index (χ4n) is 2.39. The van der Waals surface area contributed by atoms with Crippen molar-refractivity contribution in [2.75, 3.05) is 26.2 Å². The molecular formula is C16H25N5. The first kappa shape index (κ1) is 15.7. The van der Waals surface area contributed by atoms with E-state index in [0.717, 1.165) is 49.7 Å². The average molecular weight is 287 g/mol. The molecule has 0 atom stereocenters. The first-order valence-electron chi connectivity index (χ1n) is 7.73. The van der Waals surface area contributed by atoms with Gasteiger partial charge in [-0.25, -0.2) is 0 Å². The van der Waals surface area contributed by atoms with Crippen LogP contribution in [0.25, 0.3) is 11.3 Å². The summed E-state index contributed by atoms with van der Waals surface area (Å²) in [5.41, 5.74) is 3.01. The lowest BCUT2D eigenvalue weighted by Gasteiger charge is -2.19. The quantitative estimate of drug-likeness (QED) is 0.695. The van der Waals surface area contributed by atoms with Gasteiger partial charge < -0.3 is 10.2 Å². The van der Waals surface area contributed by atoms with E-state index in [4.69, 9.17) is 0 Å². The average Bonchev–Trinajstić information content (AvgIpc) is 2.99. The molecule has 2 aromatic rings. The van der Waals surface area contributed by atoms with Crippen molar-refractivity contribution in [3.63, 3.8) is 0 Å². The third-order valence-corrected chi connectivity index (χ3v) is 3.55. The topological polar surface area (TPSA) is 56.8 Å². The van der Waals surface area contributed by atoms with Gasteiger partial charge in [-0.1, -0.05) is 44.2 Å². The van der Waals surface area contributed by atoms with Crippen LogP contribution in [0.5, 0.6) is 0 Å². The van der Waals surface area contributed by atoms with Gasteiger partial charge in [0.15, 0.2) is 0 Å². The number of hydrogen-bond donors (Lipinski definition) is 2. The Morgan fingerprint density at radius 2 is 1.90 bits per heavy atom. The van der Waals surface area contributed by atoms with E-state index in [-0.39, 0.29) is 0 Å². The monoisotopic (exact) mass is 287 g/mol. The van der Waals surface area contributed by atoms with E-state index < -0.39 is 0 Å². The maximum Gasteiger partial charge on any atom is 0.117 e. The molecule has 2 rings (SSSR count). The van der Waals surface area contributed by atoms with Gasteiger partial charge in [-0.2, -0.15) is 15.4 Å². The van der Waals surface area contributed by atoms with Crippen LogP contribution in [0, 0.1) is 0 Å². The van der Waals surface area contributed by atoms with Crippen LogP contribution >= 0.6 is 0 Å². The summed E-state index contributed by atoms with van der Waals surface area (Å²) in [4.78, 5) is 2.45. The number of nitrogens with zero attached hydrogens (tertiary/aromatic N) is 3. The predicted molar refractivity (Wildman–Crippen MR) is 85.9 cm³/mol. The SMILES string of the molecule is CCCN(CC)CCNCc1n[nH]nc1-c1ccccc1. The Hall–Kier alpha value is -1.72. The molecule has 0 aliphatic heterocycles. The number of likely N-dealkylation sites (N-methyl/N-ethyl adjacent to an activating group) is 1. The molecule has 0 fully saturated rings. The minimum absolute atomic E-state index is 0.740. The molecule has 0 aliphatic carbocycles. The largest absolute Gasteiger partial charge is 0.310 e. The Bertz CT molecular complexity index is 508. The van der Waals surface area contributed by atoms with Gasteiger partial charge in [0, 0.05) is 25.2 Å². The second kappa shape index (κ2) is 8.54. The summed E-state index contributed by atoms with van der Waals surface area (Å²) in [6, 6.07) is 10.2. The summed E-state index contributed by atoms with van der Waals surface area (Å²) in [6.07, 6.45) is 1.20. The first-order valence-corrected chi connectivity index (χ1v) is 7.73. The van der Waals surface area contributed by atoms with Crippen molar-refractivity contribution < 1.29 is 0 Å². The molecule has 1 heterocycles. The molecule has 114 valence electrons. The van der Waals surface area contributed by atoms with Gasteiger partial charge in [0.05, 0.1) is 0 Å². The third kappa shape index (κ3) is 4.65. The van der Waals surface area contributed by atoms with E-state index in [1.807, 2.05) is 18.2 Å². The van der Waals surface area contributed by atoms with Crippen LogP contribution in [-0.4, -0.2) is 46.5 Å². The van der Waals surface area contributed by atoms with Crippen LogP contribution in [0.15, 0.2) is 30.3 Å². The molecule has 0 radical (unpaired) electrons. The maximum absolute atomic E-state index is 4.26. The Kier molecular flexibility index (Phi) is 6.37. The number of H-pyrrole nitrogens is 1. The summed E-state index contributed by atoms with van der Waals surface area (Å²) in [5.74, 6) is 0. The lowest BCUT2D eigenvalue weighted by Crippen LogP contribution is -2.32. The standard InChI is InChI=1S/C16H25N5/c1-3-11-21(4-2)12-10-17-13-15-16(19-20-18-15)14-8-6-5-7-9-14/h5-9,17H,3-4,10-13H2,1-2H3,(H,18,19,20). The lowest BCUT2D eigenvalue weighted by molar-refractivity contribution is 0.287. The van der Waals surface area contributed by atoms with Gasteiger partial charge in [-0.15, -0.1) is 0 Å². The molecule has 21 heavy (non-hydrogen) atoms. The van der Waals surface area contributed by atoms with Crippen LogP contribution in [0.4, 0.5) is 0 Å². The summed E-state index contributed by atoms with van der Waals surface area (Å²) in [5, 5.41) is 14.7. The molecule has 5 nitrogen and oxygen atoms in total. The number of rotatable bonds is 9. The minimum atomic E-state index is 0.740. The Morgan fingerprint density at radius 3 is 2.62 bits per heavy atom. The summed E-state index contributed by atoms with van der Waals surface area (Å²) in [7, 11) is 0. The van der Waals surface area contributed by atoms with Crippen LogP contribution in [0.3, 0.4) is 0 Å². The first-order chi connectivity index (χ1) is 10.3. The number of benzene rings is 1. The zero-order valence-corrected chi connectivity index (χ0v) is 13.0. The Balaban J connectivity index is 1.83. The fourth-order valence-corrected chi connectivity index (χ4v) is 2.39. The van der Waals surface area contributed by atoms with Gasteiger partial charge >= 0.3 is 0 Å². The van der Waals surface area contributed by atoms with E-state index >= 15 is 0 Å². The molecule has 1 aromatic carbocycles. The van der Waals surface area contributed by atoms with Crippen molar-refractivity contribution in [1.82, 2.24) is 25.6 Å². The highest BCUT2D eigenvalue weighted by molar-refractivity contribution is 5.60. The second-order valence-electron chi connectivity index (χ2n) is 5.10. The smallest absolute Gasteiger partial charge is 0.117 e. The van der Waals surface area contributed by atoms with Crippen molar-refractivity contribution in [1.29, 1.82) is 0 Å². The molecule has 0 unspecified atom stereocenters. The van der Waals surface area contributed by atoms with E-state index in [1.165, 1.54) is 6.42 Å². The second-order valence-corrected chi connectivity index (χ2v) is 5.10. The molecule has 5 heteroatoms. The van der Waals surface area contributed by atoms with E-state index in [1.54, 1.807) is 0 Å². The van der Waals surface area contributed by atoms with E-state index in [2.05, 4.69) is 51.6 Å². The molecule has 1 aromatic heterocycles. The highest BCUT2D eigenvalue weighted by Crippen LogP contribution is 2.18. The molecule has 0 aliphatic rings. The van der Waals surface area contributed by atoms with E-state index in [9.17, 15) is 0 Å². The predicted octanol–water partition coefficient (Wildman–Crippen LogP) is 2.29. The zero-order chi connectivity index (χ0) is 14.9. The minimum Gasteiger partial charge on any atom is -0.310 e. The molecule has 0 saturated heterocycles. The molecular weight excluding hydrogens is 262 g/mol. The van der Waals surface area contributed by atoms with Gasteiger partial charge in [0.1, 0.15) is 11.4 Å². The van der Waals surface area contributed by atoms with Crippen molar-refractivity contribution in [2.45, 2.75) is 26.8 Å². The number of aromatic amines is 1. The molecule has 0 saturated carbocycles. The molecule has 0 spiro atoms. The van der Waals surface area contributed by atoms with E-state index in [0.29, 0.717) is 0 Å². The molecule has 0 amide bonds. The number of aromatic nitrogens is 3. The van der Waals surface area contributed by atoms with Gasteiger partial charge in [0.2, 0.25) is 0 Å². The van der Waals surface area contributed by atoms with Crippen LogP contribution in [-0.2, 0) is 6.54 Å². The van der Waals surface area contributed by atoms with Crippen molar-refractivity contribution in [3.8, 4) is 11.3 Å². The summed E-state index contributed by atoms with van der Waals surface area (Å²) >= 11 is 0. The van der Waals surface area contributed by atoms with Gasteiger partial charge in [0.25, 0.3) is 0 Å². The summed E-state index contributed by atoms with van der Waals surface area (Å²) < 4.78 is 0. The van der Waals surface area contributed by atoms with Crippen LogP contribution in [0.1, 0.15) is 26.0 Å². The molecule has 0 bridgehead atoms. The van der Waals surface area contributed by atoms with Crippen LogP contribution < -0.4 is 5.32 Å². The fraction of sp³-hybridized carbons (Fsp3) is 0.500. The molecule has 2 N–H and O–H groups in total. The third-order valence-electron chi connectivity index (χ3n) is 3.55. The highest BCUT2D eigenvalue weighted by atomic mass is 15.3. The zero-order valence-electron chi connectivity index (χ0n) is 13.0. The van der Waals surface area contributed by atoms with Gasteiger partial charge in [-0.3, -0.25) is 0 Å². The number of nitrogens with one attached hydrogen (secondary N) is 2. The Morgan fingerprint density at radius 1 is 1.10 bits per heavy atom. The van der Waals surface area contributed by atoms with Gasteiger partial charge in [-0.05, 0) is 19.5 Å². The van der Waals surface area contributed by atoms with Crippen LogP contribution in [0.2, 0.25) is 0 Å². The summed E-state index contributed by atoms with van der Waals surface area (Å²) in [6.45, 7) is 9.48. The van der Waals surface area contributed by atoms with Crippen molar-refractivity contribution >= 4 is 0 Å². The lowest BCUT2D eigenvalue weighted by atomic mass is 10.1. The van der Waals surface area contributed by atoms with Crippen molar-refractivity contribution in [3.05, 3.63) is 36.0 Å². The number of hydrogen-bond acceptors (Lipinski definition) is 4.